The first-order chi connectivity index (χ1) is 15.1. The molecule has 0 aliphatic carbocycles. The molecule has 2 aromatic heterocycles. The number of aromatic nitrogens is 6. The van der Waals surface area contributed by atoms with Gasteiger partial charge in [0.1, 0.15) is 18.2 Å². The standard InChI is InChI=1S/C21H20ClN7O2/c1-14(11-29-13-25-27-28-29)31-20-8-15(6-7-18(20)22)17-9-23-21(24-10-17)26-19-5-3-2-4-16(19)12-30/h2-10,13-14,30H,11-12H2,1H3,(H,23,24,26). The molecule has 0 amide bonds. The summed E-state index contributed by atoms with van der Waals surface area (Å²) in [5.74, 6) is 0.990. The number of aliphatic hydroxyl groups excluding tert-OH is 1. The summed E-state index contributed by atoms with van der Waals surface area (Å²) in [7, 11) is 0. The first-order valence-corrected chi connectivity index (χ1v) is 9.95. The normalized spacial score (nSPS) is 11.8. The lowest BCUT2D eigenvalue weighted by molar-refractivity contribution is 0.193. The zero-order chi connectivity index (χ0) is 21.6. The Labute approximate surface area is 183 Å². The van der Waals surface area contributed by atoms with Crippen molar-refractivity contribution in [2.24, 2.45) is 0 Å². The molecule has 1 unspecified atom stereocenters. The van der Waals surface area contributed by atoms with Crippen LogP contribution in [-0.4, -0.2) is 41.4 Å². The van der Waals surface area contributed by atoms with Gasteiger partial charge >= 0.3 is 0 Å². The van der Waals surface area contributed by atoms with Crippen LogP contribution < -0.4 is 10.1 Å². The van der Waals surface area contributed by atoms with Crippen LogP contribution in [-0.2, 0) is 13.2 Å². The topological polar surface area (TPSA) is 111 Å². The van der Waals surface area contributed by atoms with E-state index in [1.807, 2.05) is 43.3 Å². The molecule has 0 saturated heterocycles. The molecule has 4 rings (SSSR count). The Morgan fingerprint density at radius 1 is 1.13 bits per heavy atom. The number of rotatable bonds is 8. The summed E-state index contributed by atoms with van der Waals surface area (Å²) in [4.78, 5) is 8.77. The van der Waals surface area contributed by atoms with E-state index in [4.69, 9.17) is 16.3 Å². The Bertz CT molecular complexity index is 1140. The second kappa shape index (κ2) is 9.50. The van der Waals surface area contributed by atoms with E-state index in [9.17, 15) is 5.11 Å². The maximum Gasteiger partial charge on any atom is 0.227 e. The number of halogens is 1. The number of aliphatic hydroxyl groups is 1. The Balaban J connectivity index is 1.48. The van der Waals surface area contributed by atoms with Gasteiger partial charge in [0.25, 0.3) is 0 Å². The summed E-state index contributed by atoms with van der Waals surface area (Å²) >= 11 is 6.32. The molecule has 4 aromatic rings. The summed E-state index contributed by atoms with van der Waals surface area (Å²) in [5.41, 5.74) is 3.22. The number of tetrazole rings is 1. The fraction of sp³-hybridized carbons (Fsp3) is 0.190. The van der Waals surface area contributed by atoms with Crippen LogP contribution in [0.5, 0.6) is 5.75 Å². The van der Waals surface area contributed by atoms with Crippen LogP contribution in [0.3, 0.4) is 0 Å². The number of hydrogen-bond acceptors (Lipinski definition) is 8. The van der Waals surface area contributed by atoms with E-state index in [0.717, 1.165) is 22.4 Å². The number of hydrogen-bond donors (Lipinski definition) is 2. The fourth-order valence-electron chi connectivity index (χ4n) is 3.00. The average Bonchev–Trinajstić information content (AvgIpc) is 3.29. The predicted octanol–water partition coefficient (Wildman–Crippen LogP) is 3.49. The Kier molecular flexibility index (Phi) is 6.34. The highest BCUT2D eigenvalue weighted by molar-refractivity contribution is 6.32. The molecule has 10 heteroatoms. The Morgan fingerprint density at radius 2 is 1.94 bits per heavy atom. The maximum atomic E-state index is 9.46. The van der Waals surface area contributed by atoms with Gasteiger partial charge in [0.15, 0.2) is 0 Å². The molecular weight excluding hydrogens is 418 g/mol. The largest absolute Gasteiger partial charge is 0.487 e. The van der Waals surface area contributed by atoms with E-state index in [1.165, 1.54) is 6.33 Å². The van der Waals surface area contributed by atoms with Gasteiger partial charge in [-0.2, -0.15) is 0 Å². The van der Waals surface area contributed by atoms with Crippen LogP contribution in [0.1, 0.15) is 12.5 Å². The molecule has 0 radical (unpaired) electrons. The van der Waals surface area contributed by atoms with Crippen LogP contribution in [0, 0.1) is 0 Å². The lowest BCUT2D eigenvalue weighted by atomic mass is 10.1. The van der Waals surface area contributed by atoms with E-state index in [2.05, 4.69) is 30.8 Å². The number of nitrogens with zero attached hydrogens (tertiary/aromatic N) is 6. The van der Waals surface area contributed by atoms with E-state index in [0.29, 0.717) is 23.3 Å². The first-order valence-electron chi connectivity index (χ1n) is 9.57. The molecule has 2 heterocycles. The van der Waals surface area contributed by atoms with Crippen LogP contribution in [0.2, 0.25) is 5.02 Å². The van der Waals surface area contributed by atoms with Crippen LogP contribution in [0.25, 0.3) is 11.1 Å². The smallest absolute Gasteiger partial charge is 0.227 e. The highest BCUT2D eigenvalue weighted by Gasteiger charge is 2.12. The van der Waals surface area contributed by atoms with Crippen molar-refractivity contribution in [2.45, 2.75) is 26.2 Å². The van der Waals surface area contributed by atoms with E-state index < -0.39 is 0 Å². The van der Waals surface area contributed by atoms with Gasteiger partial charge in [-0.1, -0.05) is 35.9 Å². The third-order valence-corrected chi connectivity index (χ3v) is 4.83. The molecule has 1 atom stereocenters. The molecular formula is C21H20ClN7O2. The molecule has 2 N–H and O–H groups in total. The van der Waals surface area contributed by atoms with Crippen molar-refractivity contribution >= 4 is 23.2 Å². The zero-order valence-electron chi connectivity index (χ0n) is 16.7. The number of nitrogens with one attached hydrogen (secondary N) is 1. The molecule has 0 bridgehead atoms. The van der Waals surface area contributed by atoms with Gasteiger partial charge in [0.2, 0.25) is 5.95 Å². The maximum absolute atomic E-state index is 9.46. The van der Waals surface area contributed by atoms with E-state index >= 15 is 0 Å². The van der Waals surface area contributed by atoms with Gasteiger partial charge in [-0.3, -0.25) is 0 Å². The lowest BCUT2D eigenvalue weighted by Gasteiger charge is -2.16. The molecule has 0 saturated carbocycles. The van der Waals surface area contributed by atoms with Crippen molar-refractivity contribution < 1.29 is 9.84 Å². The third kappa shape index (κ3) is 5.14. The Morgan fingerprint density at radius 3 is 2.68 bits per heavy atom. The number of benzene rings is 2. The minimum Gasteiger partial charge on any atom is -0.487 e. The first kappa shape index (κ1) is 20.7. The lowest BCUT2D eigenvalue weighted by Crippen LogP contribution is -2.20. The van der Waals surface area contributed by atoms with E-state index in [-0.39, 0.29) is 12.7 Å². The highest BCUT2D eigenvalue weighted by Crippen LogP contribution is 2.31. The number of para-hydroxylation sites is 1. The van der Waals surface area contributed by atoms with Gasteiger partial charge < -0.3 is 15.2 Å². The molecule has 0 spiro atoms. The second-order valence-corrected chi connectivity index (χ2v) is 7.25. The molecule has 31 heavy (non-hydrogen) atoms. The van der Waals surface area contributed by atoms with Crippen molar-refractivity contribution in [3.8, 4) is 16.9 Å². The summed E-state index contributed by atoms with van der Waals surface area (Å²) < 4.78 is 7.58. The van der Waals surface area contributed by atoms with Gasteiger partial charge in [-0.25, -0.2) is 14.6 Å². The summed E-state index contributed by atoms with van der Waals surface area (Å²) in [6.45, 7) is 2.34. The average molecular weight is 438 g/mol. The van der Waals surface area contributed by atoms with Gasteiger partial charge in [0.05, 0.1) is 18.2 Å². The summed E-state index contributed by atoms with van der Waals surface area (Å²) in [5, 5.41) is 24.2. The summed E-state index contributed by atoms with van der Waals surface area (Å²) in [6, 6.07) is 13.0. The van der Waals surface area contributed by atoms with Gasteiger partial charge in [-0.15, -0.1) is 5.10 Å². The molecule has 0 aliphatic rings. The minimum atomic E-state index is -0.189. The van der Waals surface area contributed by atoms with Crippen LogP contribution in [0.15, 0.2) is 61.2 Å². The number of anilines is 2. The van der Waals surface area contributed by atoms with E-state index in [1.54, 1.807) is 23.1 Å². The van der Waals surface area contributed by atoms with Gasteiger partial charge in [-0.05, 0) is 41.1 Å². The quantitative estimate of drug-likeness (QED) is 0.431. The molecule has 0 fully saturated rings. The molecule has 0 aliphatic heterocycles. The predicted molar refractivity (Wildman–Crippen MR) is 116 cm³/mol. The fourth-order valence-corrected chi connectivity index (χ4v) is 3.16. The van der Waals surface area contributed by atoms with Crippen molar-refractivity contribution in [3.63, 3.8) is 0 Å². The second-order valence-electron chi connectivity index (χ2n) is 6.84. The zero-order valence-corrected chi connectivity index (χ0v) is 17.4. The SMILES string of the molecule is CC(Cn1cnnn1)Oc1cc(-c2cnc(Nc3ccccc3CO)nc2)ccc1Cl. The third-order valence-electron chi connectivity index (χ3n) is 4.51. The van der Waals surface area contributed by atoms with Crippen LogP contribution in [0.4, 0.5) is 11.6 Å². The number of ether oxygens (including phenoxy) is 1. The molecule has 9 nitrogen and oxygen atoms in total. The van der Waals surface area contributed by atoms with Crippen molar-refractivity contribution in [1.82, 2.24) is 30.2 Å². The highest BCUT2D eigenvalue weighted by atomic mass is 35.5. The van der Waals surface area contributed by atoms with Crippen molar-refractivity contribution in [3.05, 3.63) is 71.8 Å². The summed E-state index contributed by atoms with van der Waals surface area (Å²) in [6.07, 6.45) is 4.78. The van der Waals surface area contributed by atoms with Gasteiger partial charge in [0, 0.05) is 29.2 Å². The van der Waals surface area contributed by atoms with Crippen molar-refractivity contribution in [2.75, 3.05) is 5.32 Å². The molecule has 158 valence electrons. The molecule has 2 aromatic carbocycles. The van der Waals surface area contributed by atoms with Crippen LogP contribution >= 0.6 is 11.6 Å². The minimum absolute atomic E-state index is 0.0688. The van der Waals surface area contributed by atoms with Crippen molar-refractivity contribution in [1.29, 1.82) is 0 Å². The Hall–Kier alpha value is -3.56. The monoisotopic (exact) mass is 437 g/mol.